The predicted octanol–water partition coefficient (Wildman–Crippen LogP) is 3.84. The highest BCUT2D eigenvalue weighted by atomic mass is 16.6. The van der Waals surface area contributed by atoms with Gasteiger partial charge in [-0.05, 0) is 17.7 Å². The Labute approximate surface area is 145 Å². The van der Waals surface area contributed by atoms with Crippen molar-refractivity contribution in [2.75, 3.05) is 0 Å². The highest BCUT2D eigenvalue weighted by molar-refractivity contribution is 6.43. The number of hydrogen-bond donors (Lipinski definition) is 0. The maximum Gasteiger partial charge on any atom is 0.380 e. The van der Waals surface area contributed by atoms with Gasteiger partial charge in [-0.2, -0.15) is 0 Å². The summed E-state index contributed by atoms with van der Waals surface area (Å²) >= 11 is 0. The van der Waals surface area contributed by atoms with E-state index in [0.29, 0.717) is 10.9 Å². The molecule has 124 valence electrons. The van der Waals surface area contributed by atoms with E-state index in [-0.39, 0.29) is 11.3 Å². The van der Waals surface area contributed by atoms with Gasteiger partial charge in [0, 0.05) is 11.1 Å². The number of esters is 1. The van der Waals surface area contributed by atoms with E-state index in [1.807, 2.05) is 18.2 Å². The van der Waals surface area contributed by atoms with E-state index < -0.39 is 17.9 Å². The Kier molecular flexibility index (Phi) is 4.70. The van der Waals surface area contributed by atoms with Gasteiger partial charge < -0.3 is 4.74 Å². The van der Waals surface area contributed by atoms with Crippen LogP contribution in [-0.2, 0) is 9.53 Å². The van der Waals surface area contributed by atoms with Crippen LogP contribution in [0.2, 0.25) is 0 Å². The molecule has 1 atom stereocenters. The minimum Gasteiger partial charge on any atom is -0.448 e. The lowest BCUT2D eigenvalue weighted by Crippen LogP contribution is -2.28. The highest BCUT2D eigenvalue weighted by Crippen LogP contribution is 2.19. The standard InChI is InChI=1S/C21H16O4/c1-14(19(22)16-9-3-2-4-10-16)25-21(24)20(23)18-13-7-11-15-8-5-6-12-17(15)18/h2-14H,1H3. The van der Waals surface area contributed by atoms with Crippen LogP contribution in [0.5, 0.6) is 0 Å². The summed E-state index contributed by atoms with van der Waals surface area (Å²) in [5, 5.41) is 1.53. The Morgan fingerprint density at radius 2 is 1.44 bits per heavy atom. The molecule has 0 N–H and O–H groups in total. The van der Waals surface area contributed by atoms with Gasteiger partial charge in [0.15, 0.2) is 6.10 Å². The molecule has 25 heavy (non-hydrogen) atoms. The lowest BCUT2D eigenvalue weighted by Gasteiger charge is -2.12. The third-order valence-corrected chi connectivity index (χ3v) is 3.93. The molecule has 4 nitrogen and oxygen atoms in total. The summed E-state index contributed by atoms with van der Waals surface area (Å²) in [5.74, 6) is -2.14. The quantitative estimate of drug-likeness (QED) is 0.405. The molecule has 0 saturated heterocycles. The third-order valence-electron chi connectivity index (χ3n) is 3.93. The first-order valence-electron chi connectivity index (χ1n) is 7.90. The summed E-state index contributed by atoms with van der Waals surface area (Å²) in [4.78, 5) is 36.9. The molecule has 3 aromatic rings. The van der Waals surface area contributed by atoms with Gasteiger partial charge in [-0.15, -0.1) is 0 Å². The second-order valence-electron chi connectivity index (χ2n) is 5.63. The number of benzene rings is 3. The molecule has 0 aliphatic rings. The van der Waals surface area contributed by atoms with Crippen LogP contribution in [-0.4, -0.2) is 23.6 Å². The molecule has 0 aromatic heterocycles. The van der Waals surface area contributed by atoms with Crippen LogP contribution in [0.1, 0.15) is 27.6 Å². The molecule has 3 rings (SSSR count). The maximum atomic E-state index is 12.5. The SMILES string of the molecule is CC(OC(=O)C(=O)c1cccc2ccccc12)C(=O)c1ccccc1. The molecular formula is C21H16O4. The molecule has 0 fully saturated rings. The molecule has 0 aliphatic heterocycles. The number of rotatable bonds is 5. The van der Waals surface area contributed by atoms with Crippen molar-refractivity contribution < 1.29 is 19.1 Å². The molecule has 3 aromatic carbocycles. The van der Waals surface area contributed by atoms with Gasteiger partial charge in [0.1, 0.15) is 0 Å². The van der Waals surface area contributed by atoms with Crippen molar-refractivity contribution in [3.05, 3.63) is 83.9 Å². The van der Waals surface area contributed by atoms with Gasteiger partial charge in [-0.1, -0.05) is 72.8 Å². The minimum atomic E-state index is -1.03. The zero-order valence-electron chi connectivity index (χ0n) is 13.6. The van der Waals surface area contributed by atoms with Crippen molar-refractivity contribution in [2.45, 2.75) is 13.0 Å². The first kappa shape index (κ1) is 16.6. The maximum absolute atomic E-state index is 12.5. The average Bonchev–Trinajstić information content (AvgIpc) is 2.67. The summed E-state index contributed by atoms with van der Waals surface area (Å²) < 4.78 is 5.09. The number of ketones is 2. The highest BCUT2D eigenvalue weighted by Gasteiger charge is 2.25. The normalized spacial score (nSPS) is 11.7. The first-order valence-corrected chi connectivity index (χ1v) is 7.90. The van der Waals surface area contributed by atoms with Crippen LogP contribution in [0, 0.1) is 0 Å². The van der Waals surface area contributed by atoms with E-state index in [1.54, 1.807) is 54.6 Å². The van der Waals surface area contributed by atoms with Crippen LogP contribution < -0.4 is 0 Å². The molecule has 0 radical (unpaired) electrons. The Morgan fingerprint density at radius 3 is 2.20 bits per heavy atom. The van der Waals surface area contributed by atoms with Crippen LogP contribution in [0.15, 0.2) is 72.8 Å². The predicted molar refractivity (Wildman–Crippen MR) is 94.6 cm³/mol. The fraction of sp³-hybridized carbons (Fsp3) is 0.0952. The Bertz CT molecular complexity index is 939. The number of carbonyl (C=O) groups excluding carboxylic acids is 3. The summed E-state index contributed by atoms with van der Waals surface area (Å²) in [6.07, 6.45) is -1.03. The second kappa shape index (κ2) is 7.09. The molecule has 0 saturated carbocycles. The molecule has 1 unspecified atom stereocenters. The van der Waals surface area contributed by atoms with E-state index >= 15 is 0 Å². The molecule has 0 aliphatic carbocycles. The first-order chi connectivity index (χ1) is 12.1. The van der Waals surface area contributed by atoms with Crippen molar-refractivity contribution >= 4 is 28.3 Å². The van der Waals surface area contributed by atoms with Gasteiger partial charge in [0.25, 0.3) is 5.78 Å². The topological polar surface area (TPSA) is 60.4 Å². The average molecular weight is 332 g/mol. The number of ether oxygens (including phenoxy) is 1. The largest absolute Gasteiger partial charge is 0.448 e. The van der Waals surface area contributed by atoms with Crippen molar-refractivity contribution in [1.82, 2.24) is 0 Å². The van der Waals surface area contributed by atoms with E-state index in [1.165, 1.54) is 6.92 Å². The molecule has 0 amide bonds. The monoisotopic (exact) mass is 332 g/mol. The number of Topliss-reactive ketones (excluding diaryl/α,β-unsaturated/α-hetero) is 2. The van der Waals surface area contributed by atoms with Gasteiger partial charge >= 0.3 is 5.97 Å². The van der Waals surface area contributed by atoms with Crippen molar-refractivity contribution in [3.8, 4) is 0 Å². The molecule has 0 heterocycles. The zero-order valence-corrected chi connectivity index (χ0v) is 13.6. The van der Waals surface area contributed by atoms with Crippen LogP contribution in [0.4, 0.5) is 0 Å². The summed E-state index contributed by atoms with van der Waals surface area (Å²) in [6.45, 7) is 1.46. The van der Waals surface area contributed by atoms with Crippen LogP contribution in [0.3, 0.4) is 0 Å². The Morgan fingerprint density at radius 1 is 0.800 bits per heavy atom. The van der Waals surface area contributed by atoms with Crippen molar-refractivity contribution in [1.29, 1.82) is 0 Å². The molecule has 0 spiro atoms. The molecule has 4 heteroatoms. The van der Waals surface area contributed by atoms with Crippen LogP contribution >= 0.6 is 0 Å². The molecular weight excluding hydrogens is 316 g/mol. The second-order valence-corrected chi connectivity index (χ2v) is 5.63. The summed E-state index contributed by atoms with van der Waals surface area (Å²) in [7, 11) is 0. The van der Waals surface area contributed by atoms with E-state index in [4.69, 9.17) is 4.74 Å². The zero-order chi connectivity index (χ0) is 17.8. The number of carbonyl (C=O) groups is 3. The minimum absolute atomic E-state index is 0.266. The Balaban J connectivity index is 1.79. The van der Waals surface area contributed by atoms with E-state index in [0.717, 1.165) is 5.39 Å². The van der Waals surface area contributed by atoms with E-state index in [2.05, 4.69) is 0 Å². The summed E-state index contributed by atoms with van der Waals surface area (Å²) in [5.41, 5.74) is 0.697. The molecule has 0 bridgehead atoms. The smallest absolute Gasteiger partial charge is 0.380 e. The summed E-state index contributed by atoms with van der Waals surface area (Å²) in [6, 6.07) is 21.0. The van der Waals surface area contributed by atoms with Gasteiger partial charge in [-0.25, -0.2) is 4.79 Å². The lowest BCUT2D eigenvalue weighted by molar-refractivity contribution is -0.140. The third kappa shape index (κ3) is 3.48. The fourth-order valence-electron chi connectivity index (χ4n) is 2.64. The lowest BCUT2D eigenvalue weighted by atomic mass is 10.0. The fourth-order valence-corrected chi connectivity index (χ4v) is 2.64. The van der Waals surface area contributed by atoms with Crippen molar-refractivity contribution in [2.24, 2.45) is 0 Å². The Hall–Kier alpha value is -3.27. The number of hydrogen-bond acceptors (Lipinski definition) is 4. The van der Waals surface area contributed by atoms with Gasteiger partial charge in [0.2, 0.25) is 5.78 Å². The number of fused-ring (bicyclic) bond motifs is 1. The van der Waals surface area contributed by atoms with E-state index in [9.17, 15) is 14.4 Å². The van der Waals surface area contributed by atoms with Crippen LogP contribution in [0.25, 0.3) is 10.8 Å². The van der Waals surface area contributed by atoms with Gasteiger partial charge in [-0.3, -0.25) is 9.59 Å². The van der Waals surface area contributed by atoms with Gasteiger partial charge in [0.05, 0.1) is 0 Å². The van der Waals surface area contributed by atoms with Crippen molar-refractivity contribution in [3.63, 3.8) is 0 Å².